The largest absolute Gasteiger partial charge is 0.465 e. The van der Waals surface area contributed by atoms with E-state index in [9.17, 15) is 9.59 Å². The molecule has 4 rings (SSSR count). The molecule has 1 aromatic heterocycles. The van der Waals surface area contributed by atoms with Crippen molar-refractivity contribution in [1.82, 2.24) is 9.78 Å². The Kier molecular flexibility index (Phi) is 3.95. The van der Waals surface area contributed by atoms with Crippen molar-refractivity contribution in [2.45, 2.75) is 12.3 Å². The minimum atomic E-state index is -0.467. The van der Waals surface area contributed by atoms with Crippen molar-refractivity contribution < 1.29 is 14.3 Å². The number of rotatable bonds is 4. The maximum Gasteiger partial charge on any atom is 0.339 e. The molecule has 0 radical (unpaired) electrons. The molecule has 1 fully saturated rings. The summed E-state index contributed by atoms with van der Waals surface area (Å²) >= 11 is 0. The lowest BCUT2D eigenvalue weighted by Crippen LogP contribution is -2.17. The van der Waals surface area contributed by atoms with Gasteiger partial charge in [-0.3, -0.25) is 9.48 Å². The lowest BCUT2D eigenvalue weighted by molar-refractivity contribution is -0.117. The van der Waals surface area contributed by atoms with Gasteiger partial charge in [-0.05, 0) is 40.8 Å². The predicted octanol–water partition coefficient (Wildman–Crippen LogP) is 3.10. The number of fused-ring (bicyclic) bond motifs is 1. The second-order valence-electron chi connectivity index (χ2n) is 6.62. The second kappa shape index (κ2) is 6.29. The Hall–Kier alpha value is -3.15. The number of amides is 1. The van der Waals surface area contributed by atoms with Gasteiger partial charge in [0.15, 0.2) is 0 Å². The molecule has 0 saturated heterocycles. The lowest BCUT2D eigenvalue weighted by atomic mass is 10.0. The van der Waals surface area contributed by atoms with Crippen LogP contribution < -0.4 is 5.32 Å². The normalized spacial score (nSPS) is 18.5. The van der Waals surface area contributed by atoms with Crippen molar-refractivity contribution in [3.05, 3.63) is 59.9 Å². The number of aryl methyl sites for hydroxylation is 1. The summed E-state index contributed by atoms with van der Waals surface area (Å²) in [5, 5.41) is 8.96. The Morgan fingerprint density at radius 2 is 1.96 bits per heavy atom. The Bertz CT molecular complexity index is 1010. The Morgan fingerprint density at radius 3 is 2.62 bits per heavy atom. The number of carbonyl (C=O) groups excluding carboxylic acids is 2. The van der Waals surface area contributed by atoms with Crippen molar-refractivity contribution in [2.75, 3.05) is 12.4 Å². The molecule has 1 aliphatic rings. The van der Waals surface area contributed by atoms with Crippen molar-refractivity contribution in [3.63, 3.8) is 0 Å². The standard InChI is InChI=1S/C20H19N3O3/c1-23-11-14(10-21-23)15-9-16(15)19(24)22-18-8-13-6-4-3-5-12(13)7-17(18)20(25)26-2/h3-8,10-11,15-16H,9H2,1-2H3,(H,22,24)/t15-,16+/m0/s1. The first-order chi connectivity index (χ1) is 12.6. The zero-order chi connectivity index (χ0) is 18.3. The minimum absolute atomic E-state index is 0.0840. The zero-order valence-electron chi connectivity index (χ0n) is 14.6. The van der Waals surface area contributed by atoms with Gasteiger partial charge >= 0.3 is 5.97 Å². The minimum Gasteiger partial charge on any atom is -0.465 e. The highest BCUT2D eigenvalue weighted by molar-refractivity contribution is 6.06. The molecule has 1 saturated carbocycles. The smallest absolute Gasteiger partial charge is 0.339 e. The maximum atomic E-state index is 12.7. The zero-order valence-corrected chi connectivity index (χ0v) is 14.6. The Morgan fingerprint density at radius 1 is 1.23 bits per heavy atom. The molecular formula is C20H19N3O3. The third-order valence-corrected chi connectivity index (χ3v) is 4.83. The summed E-state index contributed by atoms with van der Waals surface area (Å²) in [6, 6.07) is 11.3. The van der Waals surface area contributed by atoms with Gasteiger partial charge < -0.3 is 10.1 Å². The average Bonchev–Trinajstić information content (AvgIpc) is 3.34. The van der Waals surface area contributed by atoms with E-state index in [-0.39, 0.29) is 17.7 Å². The molecule has 6 heteroatoms. The number of hydrogen-bond donors (Lipinski definition) is 1. The molecule has 1 heterocycles. The van der Waals surface area contributed by atoms with E-state index >= 15 is 0 Å². The van der Waals surface area contributed by atoms with Crippen LogP contribution in [0.5, 0.6) is 0 Å². The van der Waals surface area contributed by atoms with E-state index in [0.717, 1.165) is 22.8 Å². The number of anilines is 1. The molecular weight excluding hydrogens is 330 g/mol. The summed E-state index contributed by atoms with van der Waals surface area (Å²) in [7, 11) is 3.20. The second-order valence-corrected chi connectivity index (χ2v) is 6.62. The van der Waals surface area contributed by atoms with Crippen LogP contribution in [0.1, 0.15) is 28.3 Å². The summed E-state index contributed by atoms with van der Waals surface area (Å²) in [4.78, 5) is 24.8. The number of benzene rings is 2. The van der Waals surface area contributed by atoms with Crippen LogP contribution in [0.3, 0.4) is 0 Å². The van der Waals surface area contributed by atoms with Crippen molar-refractivity contribution in [2.24, 2.45) is 13.0 Å². The number of ether oxygens (including phenoxy) is 1. The number of nitrogens with zero attached hydrogens (tertiary/aromatic N) is 2. The molecule has 0 spiro atoms. The van der Waals surface area contributed by atoms with Gasteiger partial charge in [0, 0.05) is 19.2 Å². The molecule has 3 aromatic rings. The SMILES string of the molecule is COC(=O)c1cc2ccccc2cc1NC(=O)[C@@H]1C[C@H]1c1cnn(C)c1. The molecule has 1 aliphatic carbocycles. The van der Waals surface area contributed by atoms with Crippen LogP contribution in [-0.4, -0.2) is 28.8 Å². The number of aromatic nitrogens is 2. The molecule has 6 nitrogen and oxygen atoms in total. The van der Waals surface area contributed by atoms with Gasteiger partial charge in [-0.1, -0.05) is 24.3 Å². The third kappa shape index (κ3) is 2.94. The molecule has 1 N–H and O–H groups in total. The molecule has 2 atom stereocenters. The van der Waals surface area contributed by atoms with Crippen molar-refractivity contribution in [1.29, 1.82) is 0 Å². The van der Waals surface area contributed by atoms with Gasteiger partial charge in [0.1, 0.15) is 0 Å². The first kappa shape index (κ1) is 16.3. The fourth-order valence-corrected chi connectivity index (χ4v) is 3.33. The summed E-state index contributed by atoms with van der Waals surface area (Å²) < 4.78 is 6.61. The molecule has 0 aliphatic heterocycles. The Balaban J connectivity index is 1.60. The van der Waals surface area contributed by atoms with Crippen LogP contribution in [0.15, 0.2) is 48.8 Å². The first-order valence-electron chi connectivity index (χ1n) is 8.47. The number of nitrogens with one attached hydrogen (secondary N) is 1. The van der Waals surface area contributed by atoms with Gasteiger partial charge in [-0.25, -0.2) is 4.79 Å². The quantitative estimate of drug-likeness (QED) is 0.735. The van der Waals surface area contributed by atoms with Gasteiger partial charge in [-0.15, -0.1) is 0 Å². The summed E-state index contributed by atoms with van der Waals surface area (Å²) in [5.74, 6) is -0.466. The number of esters is 1. The van der Waals surface area contributed by atoms with Gasteiger partial charge in [0.2, 0.25) is 5.91 Å². The highest BCUT2D eigenvalue weighted by Crippen LogP contribution is 2.48. The number of methoxy groups -OCH3 is 1. The summed E-state index contributed by atoms with van der Waals surface area (Å²) in [5.41, 5.74) is 1.91. The average molecular weight is 349 g/mol. The monoisotopic (exact) mass is 349 g/mol. The highest BCUT2D eigenvalue weighted by atomic mass is 16.5. The number of hydrogen-bond acceptors (Lipinski definition) is 4. The van der Waals surface area contributed by atoms with E-state index in [1.54, 1.807) is 16.9 Å². The van der Waals surface area contributed by atoms with E-state index < -0.39 is 5.97 Å². The molecule has 0 unspecified atom stereocenters. The first-order valence-corrected chi connectivity index (χ1v) is 8.47. The Labute approximate surface area is 150 Å². The molecule has 26 heavy (non-hydrogen) atoms. The lowest BCUT2D eigenvalue weighted by Gasteiger charge is -2.11. The molecule has 132 valence electrons. The third-order valence-electron chi connectivity index (χ3n) is 4.83. The van der Waals surface area contributed by atoms with Crippen LogP contribution in [-0.2, 0) is 16.6 Å². The predicted molar refractivity (Wildman–Crippen MR) is 98.0 cm³/mol. The fraction of sp³-hybridized carbons (Fsp3) is 0.250. The summed E-state index contributed by atoms with van der Waals surface area (Å²) in [6.45, 7) is 0. The van der Waals surface area contributed by atoms with Crippen molar-refractivity contribution >= 4 is 28.3 Å². The highest BCUT2D eigenvalue weighted by Gasteiger charge is 2.44. The van der Waals surface area contributed by atoms with Gasteiger partial charge in [0.25, 0.3) is 0 Å². The van der Waals surface area contributed by atoms with Gasteiger partial charge in [0.05, 0.1) is 24.6 Å². The van der Waals surface area contributed by atoms with Crippen LogP contribution in [0, 0.1) is 5.92 Å². The topological polar surface area (TPSA) is 73.2 Å². The molecule has 2 aromatic carbocycles. The van der Waals surface area contributed by atoms with Gasteiger partial charge in [-0.2, -0.15) is 5.10 Å². The van der Waals surface area contributed by atoms with Crippen LogP contribution in [0.4, 0.5) is 5.69 Å². The van der Waals surface area contributed by atoms with Crippen molar-refractivity contribution in [3.8, 4) is 0 Å². The van der Waals surface area contributed by atoms with Crippen LogP contribution >= 0.6 is 0 Å². The fourth-order valence-electron chi connectivity index (χ4n) is 3.33. The van der Waals surface area contributed by atoms with E-state index in [0.29, 0.717) is 11.3 Å². The van der Waals surface area contributed by atoms with Crippen LogP contribution in [0.2, 0.25) is 0 Å². The van der Waals surface area contributed by atoms with E-state index in [4.69, 9.17) is 4.74 Å². The maximum absolute atomic E-state index is 12.7. The van der Waals surface area contributed by atoms with Crippen LogP contribution in [0.25, 0.3) is 10.8 Å². The molecule has 1 amide bonds. The summed E-state index contributed by atoms with van der Waals surface area (Å²) in [6.07, 6.45) is 4.53. The molecule has 0 bridgehead atoms. The van der Waals surface area contributed by atoms with E-state index in [2.05, 4.69) is 10.4 Å². The number of carbonyl (C=O) groups is 2. The van der Waals surface area contributed by atoms with E-state index in [1.165, 1.54) is 7.11 Å². The van der Waals surface area contributed by atoms with E-state index in [1.807, 2.05) is 43.6 Å².